The number of amides is 1. The quantitative estimate of drug-likeness (QED) is 0.908. The zero-order chi connectivity index (χ0) is 14.9. The Hall–Kier alpha value is -2.30. The van der Waals surface area contributed by atoms with E-state index < -0.39 is 0 Å². The van der Waals surface area contributed by atoms with Gasteiger partial charge in [0.05, 0.1) is 23.9 Å². The molecule has 1 aromatic heterocycles. The minimum atomic E-state index is -0.124. The topological polar surface area (TPSA) is 67.0 Å². The molecule has 5 nitrogen and oxygen atoms in total. The summed E-state index contributed by atoms with van der Waals surface area (Å²) < 4.78 is 5.67. The summed E-state index contributed by atoms with van der Waals surface area (Å²) >= 11 is 0. The Morgan fingerprint density at radius 3 is 3.09 bits per heavy atom. The average molecular weight is 297 g/mol. The molecule has 1 aliphatic carbocycles. The summed E-state index contributed by atoms with van der Waals surface area (Å²) in [5, 5.41) is 10.3. The summed E-state index contributed by atoms with van der Waals surface area (Å²) in [4.78, 5) is 12.3. The van der Waals surface area contributed by atoms with Crippen molar-refractivity contribution < 1.29 is 9.53 Å². The number of hydrogen-bond donors (Lipinski definition) is 2. The van der Waals surface area contributed by atoms with E-state index in [-0.39, 0.29) is 11.8 Å². The van der Waals surface area contributed by atoms with Crippen molar-refractivity contribution in [2.75, 3.05) is 6.61 Å². The molecule has 0 radical (unpaired) electrons. The molecule has 4 rings (SSSR count). The Bertz CT molecular complexity index is 691. The number of aromatic amines is 1. The number of benzene rings is 1. The highest BCUT2D eigenvalue weighted by molar-refractivity contribution is 5.79. The minimum Gasteiger partial charge on any atom is -0.492 e. The van der Waals surface area contributed by atoms with Crippen LogP contribution in [0.1, 0.15) is 35.7 Å². The summed E-state index contributed by atoms with van der Waals surface area (Å²) in [5.74, 6) is 1.44. The number of carbonyl (C=O) groups excluding carboxylic acids is 1. The van der Waals surface area contributed by atoms with Gasteiger partial charge in [0, 0.05) is 5.92 Å². The van der Waals surface area contributed by atoms with Gasteiger partial charge in [-0.1, -0.05) is 18.2 Å². The highest BCUT2D eigenvalue weighted by Gasteiger charge is 2.27. The minimum absolute atomic E-state index is 0.0390. The largest absolute Gasteiger partial charge is 0.492 e. The zero-order valence-electron chi connectivity index (χ0n) is 12.3. The van der Waals surface area contributed by atoms with Gasteiger partial charge in [-0.3, -0.25) is 9.89 Å². The molecular formula is C17H19N3O2. The maximum atomic E-state index is 12.3. The van der Waals surface area contributed by atoms with Crippen LogP contribution < -0.4 is 10.1 Å². The number of ether oxygens (including phenoxy) is 1. The van der Waals surface area contributed by atoms with E-state index in [4.69, 9.17) is 4.74 Å². The molecule has 0 saturated heterocycles. The number of fused-ring (bicyclic) bond motifs is 1. The lowest BCUT2D eigenvalue weighted by Gasteiger charge is -2.24. The molecule has 0 unspecified atom stereocenters. The number of para-hydroxylation sites is 1. The van der Waals surface area contributed by atoms with Crippen LogP contribution in [0.4, 0.5) is 0 Å². The van der Waals surface area contributed by atoms with Crippen LogP contribution in [0, 0.1) is 5.92 Å². The summed E-state index contributed by atoms with van der Waals surface area (Å²) in [6, 6.07) is 9.96. The molecule has 2 N–H and O–H groups in total. The SMILES string of the molecule is O=C(NCc1cc(C2CC2)n[nH]1)[C@@H]1COc2ccccc2C1. The zero-order valence-corrected chi connectivity index (χ0v) is 12.3. The predicted molar refractivity (Wildman–Crippen MR) is 81.5 cm³/mol. The second-order valence-corrected chi connectivity index (χ2v) is 6.13. The Morgan fingerprint density at radius 1 is 1.36 bits per heavy atom. The monoisotopic (exact) mass is 297 g/mol. The summed E-state index contributed by atoms with van der Waals surface area (Å²) in [5.41, 5.74) is 3.19. The molecule has 1 amide bonds. The van der Waals surface area contributed by atoms with Gasteiger partial charge in [-0.25, -0.2) is 0 Å². The van der Waals surface area contributed by atoms with Crippen LogP contribution in [0.25, 0.3) is 0 Å². The maximum Gasteiger partial charge on any atom is 0.227 e. The van der Waals surface area contributed by atoms with Crippen LogP contribution in [0.3, 0.4) is 0 Å². The van der Waals surface area contributed by atoms with Crippen LogP contribution in [-0.2, 0) is 17.8 Å². The average Bonchev–Trinajstić information content (AvgIpc) is 3.31. The van der Waals surface area contributed by atoms with Crippen molar-refractivity contribution in [2.45, 2.75) is 31.7 Å². The predicted octanol–water partition coefficient (Wildman–Crippen LogP) is 2.15. The first-order valence-corrected chi connectivity index (χ1v) is 7.82. The first-order valence-electron chi connectivity index (χ1n) is 7.82. The molecule has 2 aliphatic rings. The third-order valence-electron chi connectivity index (χ3n) is 4.35. The van der Waals surface area contributed by atoms with E-state index >= 15 is 0 Å². The van der Waals surface area contributed by atoms with Gasteiger partial charge in [0.15, 0.2) is 0 Å². The second kappa shape index (κ2) is 5.48. The van der Waals surface area contributed by atoms with E-state index in [0.717, 1.165) is 29.1 Å². The third kappa shape index (κ3) is 2.71. The Balaban J connectivity index is 1.34. The van der Waals surface area contributed by atoms with Crippen LogP contribution >= 0.6 is 0 Å². The second-order valence-electron chi connectivity index (χ2n) is 6.13. The summed E-state index contributed by atoms with van der Waals surface area (Å²) in [6.45, 7) is 0.940. The molecule has 0 spiro atoms. The van der Waals surface area contributed by atoms with E-state index in [1.807, 2.05) is 24.3 Å². The van der Waals surface area contributed by atoms with Gasteiger partial charge in [0.25, 0.3) is 0 Å². The number of nitrogens with zero attached hydrogens (tertiary/aromatic N) is 1. The van der Waals surface area contributed by atoms with Crippen molar-refractivity contribution in [3.63, 3.8) is 0 Å². The van der Waals surface area contributed by atoms with Crippen LogP contribution in [-0.4, -0.2) is 22.7 Å². The Labute approximate surface area is 129 Å². The van der Waals surface area contributed by atoms with Crippen molar-refractivity contribution in [1.29, 1.82) is 0 Å². The standard InChI is InChI=1S/C17H19N3O2/c21-17(13-7-12-3-1-2-4-16(12)22-10-13)18-9-14-8-15(20-19-14)11-5-6-11/h1-4,8,11,13H,5-7,9-10H2,(H,18,21)(H,19,20)/t13-/m0/s1. The van der Waals surface area contributed by atoms with Gasteiger partial charge >= 0.3 is 0 Å². The number of nitrogens with one attached hydrogen (secondary N) is 2. The van der Waals surface area contributed by atoms with Crippen LogP contribution in [0.5, 0.6) is 5.75 Å². The summed E-state index contributed by atoms with van der Waals surface area (Å²) in [7, 11) is 0. The molecule has 1 saturated carbocycles. The van der Waals surface area contributed by atoms with E-state index in [0.29, 0.717) is 19.1 Å². The molecule has 5 heteroatoms. The van der Waals surface area contributed by atoms with Gasteiger partial charge in [0.2, 0.25) is 5.91 Å². The van der Waals surface area contributed by atoms with Crippen molar-refractivity contribution in [3.8, 4) is 5.75 Å². The van der Waals surface area contributed by atoms with Gasteiger partial charge in [-0.15, -0.1) is 0 Å². The molecule has 114 valence electrons. The molecular weight excluding hydrogens is 278 g/mol. The fraction of sp³-hybridized carbons (Fsp3) is 0.412. The van der Waals surface area contributed by atoms with E-state index in [2.05, 4.69) is 21.6 Å². The van der Waals surface area contributed by atoms with Crippen LogP contribution in [0.2, 0.25) is 0 Å². The van der Waals surface area contributed by atoms with E-state index in [1.165, 1.54) is 12.8 Å². The van der Waals surface area contributed by atoms with Gasteiger partial charge in [0.1, 0.15) is 12.4 Å². The first kappa shape index (κ1) is 13.4. The molecule has 1 aromatic carbocycles. The van der Waals surface area contributed by atoms with Crippen molar-refractivity contribution in [1.82, 2.24) is 15.5 Å². The highest BCUT2D eigenvalue weighted by atomic mass is 16.5. The molecule has 1 aliphatic heterocycles. The molecule has 2 aromatic rings. The van der Waals surface area contributed by atoms with Gasteiger partial charge in [-0.05, 0) is 37.0 Å². The number of H-pyrrole nitrogens is 1. The number of rotatable bonds is 4. The fourth-order valence-corrected chi connectivity index (χ4v) is 2.88. The molecule has 22 heavy (non-hydrogen) atoms. The highest BCUT2D eigenvalue weighted by Crippen LogP contribution is 2.39. The number of aromatic nitrogens is 2. The van der Waals surface area contributed by atoms with E-state index in [9.17, 15) is 4.79 Å². The van der Waals surface area contributed by atoms with Gasteiger partial charge < -0.3 is 10.1 Å². The summed E-state index contributed by atoms with van der Waals surface area (Å²) in [6.07, 6.45) is 3.20. The van der Waals surface area contributed by atoms with E-state index in [1.54, 1.807) is 0 Å². The van der Waals surface area contributed by atoms with Crippen molar-refractivity contribution in [2.24, 2.45) is 5.92 Å². The first-order chi connectivity index (χ1) is 10.8. The van der Waals surface area contributed by atoms with Crippen LogP contribution in [0.15, 0.2) is 30.3 Å². The Kier molecular flexibility index (Phi) is 3.33. The van der Waals surface area contributed by atoms with Crippen molar-refractivity contribution >= 4 is 5.91 Å². The number of carbonyl (C=O) groups is 1. The number of hydrogen-bond acceptors (Lipinski definition) is 3. The molecule has 1 atom stereocenters. The Morgan fingerprint density at radius 2 is 2.23 bits per heavy atom. The lowest BCUT2D eigenvalue weighted by molar-refractivity contribution is -0.126. The molecule has 2 heterocycles. The normalized spacial score (nSPS) is 20.1. The molecule has 1 fully saturated rings. The third-order valence-corrected chi connectivity index (χ3v) is 4.35. The van der Waals surface area contributed by atoms with Crippen molar-refractivity contribution in [3.05, 3.63) is 47.3 Å². The fourth-order valence-electron chi connectivity index (χ4n) is 2.88. The van der Waals surface area contributed by atoms with Gasteiger partial charge in [-0.2, -0.15) is 5.10 Å². The maximum absolute atomic E-state index is 12.3. The lowest BCUT2D eigenvalue weighted by Crippen LogP contribution is -2.37. The lowest BCUT2D eigenvalue weighted by atomic mass is 9.96. The molecule has 0 bridgehead atoms. The smallest absolute Gasteiger partial charge is 0.227 e.